The Bertz CT molecular complexity index is 130. The average molecular weight is 187 g/mol. The molecular weight excluding hydrogens is 164 g/mol. The third-order valence-electron chi connectivity index (χ3n) is 1.89. The summed E-state index contributed by atoms with van der Waals surface area (Å²) in [5, 5.41) is 0. The molecule has 0 aliphatic carbocycles. The summed E-state index contributed by atoms with van der Waals surface area (Å²) in [6.45, 7) is 13.1. The van der Waals surface area contributed by atoms with Crippen LogP contribution in [0.15, 0.2) is 0 Å². The van der Waals surface area contributed by atoms with Gasteiger partial charge in [0.2, 0.25) is 6.29 Å². The third-order valence-corrected chi connectivity index (χ3v) is 1.89. The normalized spacial score (nSPS) is 12.9. The average Bonchev–Trinajstić information content (AvgIpc) is 2.00. The maximum absolute atomic E-state index is 5.63. The predicted octanol–water partition coefficient (Wildman–Crippen LogP) is 3.37. The predicted molar refractivity (Wildman–Crippen MR) is 55.2 cm³/mol. The van der Waals surface area contributed by atoms with Gasteiger partial charge in [0.15, 0.2) is 0 Å². The molecule has 2 heteroatoms. The molecule has 0 rings (SSSR count). The van der Waals surface area contributed by atoms with Gasteiger partial charge in [-0.2, -0.15) is 0 Å². The first-order chi connectivity index (χ1) is 5.87. The summed E-state index contributed by atoms with van der Waals surface area (Å²) in [6.07, 6.45) is 1.66. The maximum Gasteiger partial charge on any atom is 0.221 e. The van der Waals surface area contributed by atoms with Crippen LogP contribution in [0.5, 0.6) is 0 Å². The minimum absolute atomic E-state index is 0.110. The van der Waals surface area contributed by atoms with E-state index in [-0.39, 0.29) is 5.60 Å². The lowest BCUT2D eigenvalue weighted by molar-refractivity contribution is -0.117. The Labute approximate surface area is 82.6 Å². The molecule has 13 heavy (non-hydrogen) atoms. The summed E-state index contributed by atoms with van der Waals surface area (Å²) in [5.41, 5.74) is -0.110. The van der Waals surface area contributed by atoms with Crippen LogP contribution in [0.4, 0.5) is 0 Å². The summed E-state index contributed by atoms with van der Waals surface area (Å²) in [5.74, 6) is 0.545. The number of rotatable bonds is 6. The molecule has 0 N–H and O–H groups in total. The Balaban J connectivity index is 3.67. The Morgan fingerprint density at radius 2 is 1.85 bits per heavy atom. The molecule has 0 aliphatic rings. The van der Waals surface area contributed by atoms with Gasteiger partial charge in [0.25, 0.3) is 0 Å². The fourth-order valence-corrected chi connectivity index (χ4v) is 0.775. The Kier molecular flexibility index (Phi) is 5.57. The van der Waals surface area contributed by atoms with Crippen LogP contribution in [0.1, 0.15) is 48.0 Å². The highest BCUT2D eigenvalue weighted by molar-refractivity contribution is 4.71. The van der Waals surface area contributed by atoms with Crippen molar-refractivity contribution in [2.45, 2.75) is 53.6 Å². The molecule has 1 radical (unpaired) electrons. The van der Waals surface area contributed by atoms with Crippen LogP contribution in [0.25, 0.3) is 0 Å². The van der Waals surface area contributed by atoms with Crippen LogP contribution in [0.3, 0.4) is 0 Å². The molecule has 0 fully saturated rings. The van der Waals surface area contributed by atoms with E-state index >= 15 is 0 Å². The van der Waals surface area contributed by atoms with Gasteiger partial charge in [-0.25, -0.2) is 0 Å². The zero-order valence-electron chi connectivity index (χ0n) is 9.81. The second-order valence-electron chi connectivity index (χ2n) is 4.41. The fourth-order valence-electron chi connectivity index (χ4n) is 0.775. The fraction of sp³-hybridized carbons (Fsp3) is 0.909. The molecule has 0 aromatic carbocycles. The lowest BCUT2D eigenvalue weighted by Crippen LogP contribution is -2.26. The van der Waals surface area contributed by atoms with Gasteiger partial charge in [0.05, 0.1) is 12.2 Å². The van der Waals surface area contributed by atoms with Crippen molar-refractivity contribution in [2.24, 2.45) is 5.92 Å². The van der Waals surface area contributed by atoms with Crippen LogP contribution in [-0.4, -0.2) is 12.2 Å². The summed E-state index contributed by atoms with van der Waals surface area (Å²) in [4.78, 5) is 0. The highest BCUT2D eigenvalue weighted by atomic mass is 16.7. The van der Waals surface area contributed by atoms with Gasteiger partial charge in [0.1, 0.15) is 0 Å². The first-order valence-electron chi connectivity index (χ1n) is 5.02. The van der Waals surface area contributed by atoms with Crippen LogP contribution >= 0.6 is 0 Å². The summed E-state index contributed by atoms with van der Waals surface area (Å²) >= 11 is 0. The van der Waals surface area contributed by atoms with Crippen LogP contribution in [0, 0.1) is 12.2 Å². The van der Waals surface area contributed by atoms with E-state index in [0.29, 0.717) is 12.2 Å². The summed E-state index contributed by atoms with van der Waals surface area (Å²) in [7, 11) is 0. The van der Waals surface area contributed by atoms with Crippen molar-refractivity contribution in [3.8, 4) is 0 Å². The van der Waals surface area contributed by atoms with Crippen LogP contribution < -0.4 is 0 Å². The van der Waals surface area contributed by atoms with Crippen molar-refractivity contribution in [2.75, 3.05) is 6.61 Å². The van der Waals surface area contributed by atoms with Crippen molar-refractivity contribution in [3.63, 3.8) is 0 Å². The lowest BCUT2D eigenvalue weighted by atomic mass is 10.1. The van der Waals surface area contributed by atoms with Gasteiger partial charge in [-0.15, -0.1) is 0 Å². The van der Waals surface area contributed by atoms with Crippen molar-refractivity contribution in [1.29, 1.82) is 0 Å². The SMILES string of the molecule is CCC(C)(C)O[C](C)OCC(C)C. The third kappa shape index (κ3) is 7.03. The molecular formula is C11H23O2. The Morgan fingerprint density at radius 1 is 1.31 bits per heavy atom. The van der Waals surface area contributed by atoms with Gasteiger partial charge in [0, 0.05) is 0 Å². The molecule has 0 unspecified atom stereocenters. The van der Waals surface area contributed by atoms with E-state index < -0.39 is 0 Å². The number of hydrogen-bond donors (Lipinski definition) is 0. The molecule has 0 saturated carbocycles. The van der Waals surface area contributed by atoms with E-state index in [2.05, 4.69) is 34.6 Å². The van der Waals surface area contributed by atoms with Crippen LogP contribution in [-0.2, 0) is 9.47 Å². The molecule has 0 aliphatic heterocycles. The standard InChI is InChI=1S/C11H23O2/c1-7-11(5,6)13-10(4)12-8-9(2)3/h9H,7-8H2,1-6H3. The molecule has 0 heterocycles. The van der Waals surface area contributed by atoms with Crippen molar-refractivity contribution < 1.29 is 9.47 Å². The van der Waals surface area contributed by atoms with Gasteiger partial charge < -0.3 is 9.47 Å². The zero-order valence-corrected chi connectivity index (χ0v) is 9.81. The molecule has 79 valence electrons. The first kappa shape index (κ1) is 12.9. The Hall–Kier alpha value is -0.0800. The largest absolute Gasteiger partial charge is 0.345 e. The molecule has 0 aromatic heterocycles. The molecule has 0 amide bonds. The van der Waals surface area contributed by atoms with Gasteiger partial charge in [-0.05, 0) is 33.1 Å². The lowest BCUT2D eigenvalue weighted by Gasteiger charge is -2.27. The monoisotopic (exact) mass is 187 g/mol. The highest BCUT2D eigenvalue weighted by Crippen LogP contribution is 2.20. The molecule has 0 bridgehead atoms. The van der Waals surface area contributed by atoms with Crippen molar-refractivity contribution in [1.82, 2.24) is 0 Å². The van der Waals surface area contributed by atoms with E-state index in [0.717, 1.165) is 13.0 Å². The van der Waals surface area contributed by atoms with E-state index in [9.17, 15) is 0 Å². The second kappa shape index (κ2) is 5.61. The molecule has 0 saturated heterocycles. The highest BCUT2D eigenvalue weighted by Gasteiger charge is 2.20. The molecule has 0 aromatic rings. The van der Waals surface area contributed by atoms with E-state index in [1.54, 1.807) is 0 Å². The quantitative estimate of drug-likeness (QED) is 0.634. The number of ether oxygens (including phenoxy) is 2. The molecule has 0 atom stereocenters. The minimum atomic E-state index is -0.110. The van der Waals surface area contributed by atoms with E-state index in [4.69, 9.17) is 9.47 Å². The van der Waals surface area contributed by atoms with E-state index in [1.165, 1.54) is 0 Å². The van der Waals surface area contributed by atoms with Gasteiger partial charge >= 0.3 is 0 Å². The van der Waals surface area contributed by atoms with Gasteiger partial charge in [-0.1, -0.05) is 20.8 Å². The van der Waals surface area contributed by atoms with Gasteiger partial charge in [-0.3, -0.25) is 0 Å². The topological polar surface area (TPSA) is 18.5 Å². The summed E-state index contributed by atoms with van der Waals surface area (Å²) < 4.78 is 11.1. The second-order valence-corrected chi connectivity index (χ2v) is 4.41. The maximum atomic E-state index is 5.63. The number of hydrogen-bond acceptors (Lipinski definition) is 2. The molecule has 0 spiro atoms. The zero-order chi connectivity index (χ0) is 10.5. The Morgan fingerprint density at radius 3 is 2.23 bits per heavy atom. The minimum Gasteiger partial charge on any atom is -0.345 e. The summed E-state index contributed by atoms with van der Waals surface area (Å²) in [6, 6.07) is 0. The first-order valence-corrected chi connectivity index (χ1v) is 5.02. The molecule has 2 nitrogen and oxygen atoms in total. The van der Waals surface area contributed by atoms with E-state index in [1.807, 2.05) is 6.92 Å². The van der Waals surface area contributed by atoms with Crippen LogP contribution in [0.2, 0.25) is 0 Å². The van der Waals surface area contributed by atoms with Crippen molar-refractivity contribution >= 4 is 0 Å². The van der Waals surface area contributed by atoms with Crippen molar-refractivity contribution in [3.05, 3.63) is 6.29 Å². The smallest absolute Gasteiger partial charge is 0.221 e.